The van der Waals surface area contributed by atoms with E-state index in [1.165, 1.54) is 11.0 Å². The highest BCUT2D eigenvalue weighted by Gasteiger charge is 2.52. The molecule has 1 saturated carbocycles. The van der Waals surface area contributed by atoms with Crippen LogP contribution in [-0.4, -0.2) is 86.0 Å². The predicted octanol–water partition coefficient (Wildman–Crippen LogP) is 7.16. The Morgan fingerprint density at radius 1 is 1.11 bits per heavy atom. The third-order valence-electron chi connectivity index (χ3n) is 11.0. The van der Waals surface area contributed by atoms with Crippen LogP contribution < -0.4 is 15.5 Å². The number of thiocarbonyl (C=S) groups is 1. The summed E-state index contributed by atoms with van der Waals surface area (Å²) < 4.78 is 40.0. The van der Waals surface area contributed by atoms with E-state index in [9.17, 15) is 32.3 Å². The lowest BCUT2D eigenvalue weighted by Crippen LogP contribution is -2.50. The Bertz CT molecular complexity index is 1820. The molecule has 1 unspecified atom stereocenters. The van der Waals surface area contributed by atoms with Crippen LogP contribution in [-0.2, 0) is 25.4 Å². The number of aliphatic hydroxyl groups is 1. The molecule has 3 saturated heterocycles. The highest BCUT2D eigenvalue weighted by molar-refractivity contribution is 7.80. The van der Waals surface area contributed by atoms with Crippen molar-refractivity contribution in [2.45, 2.75) is 129 Å². The number of halogens is 3. The lowest BCUT2D eigenvalue weighted by Gasteiger charge is -2.39. The average Bonchev–Trinajstić information content (AvgIpc) is 3.36. The van der Waals surface area contributed by atoms with Crippen LogP contribution in [0.1, 0.15) is 124 Å². The van der Waals surface area contributed by atoms with E-state index in [4.69, 9.17) is 22.6 Å². The molecule has 0 spiro atoms. The molecule has 1 aliphatic carbocycles. The Kier molecular flexibility index (Phi) is 15.7. The van der Waals surface area contributed by atoms with Gasteiger partial charge in [-0.25, -0.2) is 0 Å². The third-order valence-corrected chi connectivity index (χ3v) is 11.4. The first kappa shape index (κ1) is 45.2. The minimum Gasteiger partial charge on any atom is -0.396 e. The van der Waals surface area contributed by atoms with Gasteiger partial charge in [-0.3, -0.25) is 39.3 Å². The number of benzene rings is 1. The number of aliphatic hydroxyl groups excluding tert-OH is 1. The van der Waals surface area contributed by atoms with Crippen LogP contribution in [0, 0.1) is 17.2 Å². The molecule has 1 aromatic heterocycles. The summed E-state index contributed by atoms with van der Waals surface area (Å²) in [5, 5.41) is 23.5. The molecule has 4 aliphatic rings. The topological polar surface area (TPSA) is 159 Å². The molecule has 0 radical (unpaired) electrons. The fourth-order valence-corrected chi connectivity index (χ4v) is 8.60. The number of nitrogens with one attached hydrogen (secondary N) is 2. The predicted molar refractivity (Wildman–Crippen MR) is 218 cm³/mol. The largest absolute Gasteiger partial charge is 0.417 e. The molecule has 3 aliphatic heterocycles. The van der Waals surface area contributed by atoms with Crippen LogP contribution in [0.4, 0.5) is 24.5 Å². The van der Waals surface area contributed by atoms with Gasteiger partial charge in [-0.15, -0.1) is 0 Å². The number of hydrogen-bond acceptors (Lipinski definition) is 9. The third kappa shape index (κ3) is 10.9. The van der Waals surface area contributed by atoms with Crippen molar-refractivity contribution in [2.24, 2.45) is 5.92 Å². The number of amides is 4. The number of anilines is 2. The number of hydrogen-bond donors (Lipinski definition) is 3. The fourth-order valence-electron chi connectivity index (χ4n) is 8.04. The van der Waals surface area contributed by atoms with Gasteiger partial charge in [-0.05, 0) is 114 Å². The first-order chi connectivity index (χ1) is 27.0. The Morgan fingerprint density at radius 2 is 1.81 bits per heavy atom. The summed E-state index contributed by atoms with van der Waals surface area (Å²) in [4.78, 5) is 58.1. The molecule has 57 heavy (non-hydrogen) atoms. The Balaban J connectivity index is 0.000000378. The highest BCUT2D eigenvalue weighted by atomic mass is 32.1. The number of carbonyl (C=O) groups excluding carboxylic acids is 4. The first-order valence-electron chi connectivity index (χ1n) is 19.8. The van der Waals surface area contributed by atoms with Crippen LogP contribution in [0.15, 0.2) is 36.5 Å². The molecule has 0 bridgehead atoms. The van der Waals surface area contributed by atoms with E-state index in [-0.39, 0.29) is 49.9 Å². The van der Waals surface area contributed by atoms with Gasteiger partial charge in [0.2, 0.25) is 17.7 Å². The maximum absolute atomic E-state index is 13.3. The summed E-state index contributed by atoms with van der Waals surface area (Å²) in [6.45, 7) is 11.0. The first-order valence-corrected chi connectivity index (χ1v) is 20.2. The second kappa shape index (κ2) is 19.8. The Hall–Kier alpha value is -4.46. The van der Waals surface area contributed by atoms with Crippen LogP contribution in [0.2, 0.25) is 0 Å². The van der Waals surface area contributed by atoms with Gasteiger partial charge in [0.15, 0.2) is 5.11 Å². The van der Waals surface area contributed by atoms with E-state index in [1.54, 1.807) is 38.2 Å². The van der Waals surface area contributed by atoms with E-state index in [1.807, 2.05) is 18.7 Å². The van der Waals surface area contributed by atoms with Gasteiger partial charge in [0, 0.05) is 28.0 Å². The Labute approximate surface area is 341 Å². The number of imide groups is 1. The molecular formula is C41H58F3N7O5S. The van der Waals surface area contributed by atoms with Gasteiger partial charge in [0.05, 0.1) is 52.9 Å². The van der Waals surface area contributed by atoms with Gasteiger partial charge in [0.25, 0.3) is 5.91 Å². The van der Waals surface area contributed by atoms with Crippen molar-refractivity contribution in [3.05, 3.63) is 53.3 Å². The minimum absolute atomic E-state index is 0. The number of likely N-dealkylation sites (tertiary alicyclic amines) is 1. The van der Waals surface area contributed by atoms with Crippen molar-refractivity contribution in [2.75, 3.05) is 29.9 Å². The number of alkyl halides is 3. The summed E-state index contributed by atoms with van der Waals surface area (Å²) in [6, 6.07) is 8.70. The SMILES string of the molecule is CC.CC1(C)C(=O)N(c2ccc(C#N)c(C(F)(F)F)c2)C(=S)N1C1CCCCC1.C[C@@H]1C[C@@H](CCO)CCN1CC(=O)Nc1ccc(C2CCC(=O)NC2=O)nc1.[HH].[HH]. The quantitative estimate of drug-likeness (QED) is 0.184. The molecule has 6 rings (SSSR count). The monoisotopic (exact) mass is 817 g/mol. The summed E-state index contributed by atoms with van der Waals surface area (Å²) in [6.07, 6.45) is 5.49. The van der Waals surface area contributed by atoms with Crippen molar-refractivity contribution in [1.82, 2.24) is 20.1 Å². The van der Waals surface area contributed by atoms with Gasteiger partial charge >= 0.3 is 6.18 Å². The number of nitrogens with zero attached hydrogens (tertiary/aromatic N) is 5. The van der Waals surface area contributed by atoms with E-state index in [0.29, 0.717) is 42.7 Å². The normalized spacial score (nSPS) is 22.8. The van der Waals surface area contributed by atoms with E-state index < -0.39 is 28.8 Å². The smallest absolute Gasteiger partial charge is 0.396 e. The Morgan fingerprint density at radius 3 is 2.39 bits per heavy atom. The van der Waals surface area contributed by atoms with Crippen LogP contribution in [0.3, 0.4) is 0 Å². The number of rotatable bonds is 8. The standard InChI is InChI=1S/C20H28N4O4.C19H20F3N3OS.C2H6.2H2/c1-13-10-14(7-9-25)6-8-24(13)12-19(27)22-15-2-4-17(21-11-15)16-3-5-18(26)23-20(16)28;1-18(2)16(26)24(17(27)25(18)13-6-4-3-5-7-13)14-9-8-12(11-23)15(10-14)19(20,21)22;1-2;;/h2,4,11,13-14,16,25H,3,5-10,12H2,1H3,(H,22,27)(H,23,26,28);8-10,13H,3-7H2,1-2H3;1-2H3;2*1H/t13-,14-,16?;;;;/m1..../s1. The number of pyridine rings is 1. The molecule has 3 N–H and O–H groups in total. The summed E-state index contributed by atoms with van der Waals surface area (Å²) in [5.41, 5.74) is -1.24. The molecule has 1 aromatic carbocycles. The van der Waals surface area contributed by atoms with E-state index in [2.05, 4.69) is 27.4 Å². The zero-order valence-corrected chi connectivity index (χ0v) is 34.1. The van der Waals surface area contributed by atoms with Gasteiger partial charge in [-0.2, -0.15) is 18.4 Å². The zero-order chi connectivity index (χ0) is 42.1. The van der Waals surface area contributed by atoms with E-state index >= 15 is 0 Å². The van der Waals surface area contributed by atoms with Crippen LogP contribution in [0.5, 0.6) is 0 Å². The maximum atomic E-state index is 13.3. The van der Waals surface area contributed by atoms with Gasteiger partial charge in [-0.1, -0.05) is 33.1 Å². The molecule has 4 fully saturated rings. The number of carbonyl (C=O) groups is 4. The van der Waals surface area contributed by atoms with Crippen LogP contribution >= 0.6 is 12.2 Å². The van der Waals surface area contributed by atoms with Gasteiger partial charge in [0.1, 0.15) is 5.54 Å². The maximum Gasteiger partial charge on any atom is 0.417 e. The lowest BCUT2D eigenvalue weighted by atomic mass is 9.89. The van der Waals surface area contributed by atoms with Crippen molar-refractivity contribution in [1.29, 1.82) is 5.26 Å². The number of piperidine rings is 2. The van der Waals surface area contributed by atoms with Crippen molar-refractivity contribution in [3.8, 4) is 6.07 Å². The average molecular weight is 818 g/mol. The molecule has 4 amide bonds. The van der Waals surface area contributed by atoms with Crippen molar-refractivity contribution in [3.63, 3.8) is 0 Å². The van der Waals surface area contributed by atoms with E-state index in [0.717, 1.165) is 70.0 Å². The molecule has 2 aromatic rings. The molecule has 16 heteroatoms. The van der Waals surface area contributed by atoms with Crippen molar-refractivity contribution < 1.29 is 40.3 Å². The molecular weight excluding hydrogens is 760 g/mol. The molecule has 314 valence electrons. The molecule has 4 heterocycles. The summed E-state index contributed by atoms with van der Waals surface area (Å²) in [7, 11) is 0. The summed E-state index contributed by atoms with van der Waals surface area (Å²) in [5.74, 6) is -0.912. The second-order valence-corrected chi connectivity index (χ2v) is 15.6. The van der Waals surface area contributed by atoms with Gasteiger partial charge < -0.3 is 15.3 Å². The number of nitriles is 1. The minimum atomic E-state index is -4.69. The zero-order valence-electron chi connectivity index (χ0n) is 33.3. The second-order valence-electron chi connectivity index (χ2n) is 15.2. The lowest BCUT2D eigenvalue weighted by molar-refractivity contribution is -0.138. The van der Waals surface area contributed by atoms with Crippen LogP contribution in [0.25, 0.3) is 0 Å². The molecule has 12 nitrogen and oxygen atoms in total. The van der Waals surface area contributed by atoms with Crippen molar-refractivity contribution >= 4 is 52.3 Å². The number of aromatic nitrogens is 1. The molecule has 3 atom stereocenters. The summed E-state index contributed by atoms with van der Waals surface area (Å²) >= 11 is 5.53. The fraction of sp³-hybridized carbons (Fsp3) is 0.585. The highest BCUT2D eigenvalue weighted by Crippen LogP contribution is 2.40.